The summed E-state index contributed by atoms with van der Waals surface area (Å²) >= 11 is 11.9. The van der Waals surface area contributed by atoms with E-state index in [9.17, 15) is 13.2 Å². The van der Waals surface area contributed by atoms with E-state index in [0.29, 0.717) is 35.0 Å². The van der Waals surface area contributed by atoms with Crippen molar-refractivity contribution in [3.8, 4) is 0 Å². The first-order valence-corrected chi connectivity index (χ1v) is 10.6. The van der Waals surface area contributed by atoms with E-state index in [-0.39, 0.29) is 29.7 Å². The highest BCUT2D eigenvalue weighted by Gasteiger charge is 2.33. The van der Waals surface area contributed by atoms with E-state index in [2.05, 4.69) is 5.32 Å². The van der Waals surface area contributed by atoms with Gasteiger partial charge in [-0.05, 0) is 51.3 Å². The maximum atomic E-state index is 12.7. The molecule has 1 atom stereocenters. The van der Waals surface area contributed by atoms with E-state index in [0.717, 1.165) is 0 Å². The van der Waals surface area contributed by atoms with Crippen LogP contribution in [-0.4, -0.2) is 37.3 Å². The lowest BCUT2D eigenvalue weighted by Gasteiger charge is -2.33. The second-order valence-electron chi connectivity index (χ2n) is 7.43. The smallest absolute Gasteiger partial charge is 0.224 e. The molecule has 0 aromatic heterocycles. The van der Waals surface area contributed by atoms with Gasteiger partial charge in [-0.2, -0.15) is 0 Å². The average Bonchev–Trinajstić information content (AvgIpc) is 2.48. The largest absolute Gasteiger partial charge is 0.351 e. The van der Waals surface area contributed by atoms with Crippen LogP contribution >= 0.6 is 23.2 Å². The summed E-state index contributed by atoms with van der Waals surface area (Å²) in [6, 6.07) is 4.77. The second kappa shape index (κ2) is 7.82. The highest BCUT2D eigenvalue weighted by Crippen LogP contribution is 2.26. The second-order valence-corrected chi connectivity index (χ2v) is 10.2. The zero-order chi connectivity index (χ0) is 18.8. The molecule has 0 radical (unpaired) electrons. The van der Waals surface area contributed by atoms with Gasteiger partial charge in [0, 0.05) is 28.7 Å². The van der Waals surface area contributed by atoms with Crippen molar-refractivity contribution in [1.82, 2.24) is 9.62 Å². The van der Waals surface area contributed by atoms with Crippen molar-refractivity contribution >= 4 is 39.1 Å². The number of amides is 1. The van der Waals surface area contributed by atoms with Gasteiger partial charge in [0.2, 0.25) is 15.9 Å². The van der Waals surface area contributed by atoms with Crippen LogP contribution in [-0.2, 0) is 20.6 Å². The van der Waals surface area contributed by atoms with Gasteiger partial charge in [0.15, 0.2) is 0 Å². The number of halogens is 2. The summed E-state index contributed by atoms with van der Waals surface area (Å²) in [7, 11) is -3.56. The number of carbonyl (C=O) groups excluding carboxylic acids is 1. The molecule has 2 rings (SSSR count). The molecule has 1 heterocycles. The molecule has 0 spiro atoms. The van der Waals surface area contributed by atoms with Gasteiger partial charge in [0.1, 0.15) is 0 Å². The van der Waals surface area contributed by atoms with Gasteiger partial charge in [-0.1, -0.05) is 29.3 Å². The van der Waals surface area contributed by atoms with Crippen molar-refractivity contribution in [2.24, 2.45) is 5.92 Å². The minimum Gasteiger partial charge on any atom is -0.351 e. The van der Waals surface area contributed by atoms with Gasteiger partial charge in [-0.3, -0.25) is 4.79 Å². The Labute approximate surface area is 159 Å². The average molecular weight is 407 g/mol. The maximum absolute atomic E-state index is 12.7. The Morgan fingerprint density at radius 2 is 2.00 bits per heavy atom. The number of nitrogens with one attached hydrogen (secondary N) is 1. The lowest BCUT2D eigenvalue weighted by molar-refractivity contribution is -0.127. The van der Waals surface area contributed by atoms with Crippen LogP contribution in [0.3, 0.4) is 0 Å². The lowest BCUT2D eigenvalue weighted by atomic mass is 9.97. The van der Waals surface area contributed by atoms with Crippen LogP contribution in [0.1, 0.15) is 39.2 Å². The molecule has 0 saturated carbocycles. The minimum atomic E-state index is -3.56. The van der Waals surface area contributed by atoms with Crippen LogP contribution in [0.5, 0.6) is 0 Å². The molecule has 8 heteroatoms. The molecule has 1 amide bonds. The number of piperidine rings is 1. The Bertz CT molecular complexity index is 745. The fraction of sp³-hybridized carbons (Fsp3) is 0.588. The molecule has 1 aliphatic rings. The highest BCUT2D eigenvalue weighted by atomic mass is 35.5. The minimum absolute atomic E-state index is 0.100. The van der Waals surface area contributed by atoms with Gasteiger partial charge in [-0.25, -0.2) is 12.7 Å². The zero-order valence-corrected chi connectivity index (χ0v) is 17.0. The SMILES string of the molecule is CC(C)(C)NC(=O)[C@@H]1CCCN(S(=O)(=O)Cc2ccc(Cl)cc2Cl)C1. The number of hydrogen-bond acceptors (Lipinski definition) is 3. The molecule has 1 aromatic carbocycles. The third-order valence-corrected chi connectivity index (χ3v) is 6.38. The summed E-state index contributed by atoms with van der Waals surface area (Å²) in [4.78, 5) is 12.4. The Hall–Kier alpha value is -0.820. The molecule has 1 aliphatic heterocycles. The molecule has 1 fully saturated rings. The van der Waals surface area contributed by atoms with Crippen LogP contribution < -0.4 is 5.32 Å². The van der Waals surface area contributed by atoms with Gasteiger partial charge in [0.25, 0.3) is 0 Å². The fourth-order valence-corrected chi connectivity index (χ4v) is 5.00. The Balaban J connectivity index is 2.09. The molecule has 0 bridgehead atoms. The van der Waals surface area contributed by atoms with Gasteiger partial charge < -0.3 is 5.32 Å². The zero-order valence-electron chi connectivity index (χ0n) is 14.7. The molecule has 25 heavy (non-hydrogen) atoms. The Morgan fingerprint density at radius 1 is 1.32 bits per heavy atom. The van der Waals surface area contributed by atoms with Crippen molar-refractivity contribution in [3.63, 3.8) is 0 Å². The maximum Gasteiger partial charge on any atom is 0.224 e. The third-order valence-electron chi connectivity index (χ3n) is 4.00. The van der Waals surface area contributed by atoms with Crippen molar-refractivity contribution in [3.05, 3.63) is 33.8 Å². The summed E-state index contributed by atoms with van der Waals surface area (Å²) in [5.41, 5.74) is 0.169. The van der Waals surface area contributed by atoms with Crippen molar-refractivity contribution in [2.75, 3.05) is 13.1 Å². The van der Waals surface area contributed by atoms with Crippen molar-refractivity contribution in [2.45, 2.75) is 44.9 Å². The summed E-state index contributed by atoms with van der Waals surface area (Å²) < 4.78 is 26.9. The predicted molar refractivity (Wildman–Crippen MR) is 101 cm³/mol. The topological polar surface area (TPSA) is 66.5 Å². The Morgan fingerprint density at radius 3 is 2.60 bits per heavy atom. The fourth-order valence-electron chi connectivity index (χ4n) is 2.81. The number of carbonyl (C=O) groups is 1. The number of hydrogen-bond donors (Lipinski definition) is 1. The molecule has 1 N–H and O–H groups in total. The monoisotopic (exact) mass is 406 g/mol. The van der Waals surface area contributed by atoms with E-state index >= 15 is 0 Å². The lowest BCUT2D eigenvalue weighted by Crippen LogP contribution is -2.49. The highest BCUT2D eigenvalue weighted by molar-refractivity contribution is 7.88. The van der Waals surface area contributed by atoms with E-state index in [1.165, 1.54) is 10.4 Å². The van der Waals surface area contributed by atoms with Crippen LogP contribution in [0.15, 0.2) is 18.2 Å². The first-order chi connectivity index (χ1) is 11.5. The van der Waals surface area contributed by atoms with Gasteiger partial charge in [-0.15, -0.1) is 0 Å². The quantitative estimate of drug-likeness (QED) is 0.832. The summed E-state index contributed by atoms with van der Waals surface area (Å²) in [5.74, 6) is -0.628. The number of rotatable bonds is 4. The summed E-state index contributed by atoms with van der Waals surface area (Å²) in [5, 5.41) is 3.72. The molecular weight excluding hydrogens is 383 g/mol. The van der Waals surface area contributed by atoms with Crippen molar-refractivity contribution < 1.29 is 13.2 Å². The molecule has 1 aromatic rings. The van der Waals surface area contributed by atoms with E-state index in [1.54, 1.807) is 12.1 Å². The third kappa shape index (κ3) is 5.84. The predicted octanol–water partition coefficient (Wildman–Crippen LogP) is 3.45. The molecular formula is C17H24Cl2N2O3S. The van der Waals surface area contributed by atoms with Crippen LogP contribution in [0.2, 0.25) is 10.0 Å². The number of nitrogens with zero attached hydrogens (tertiary/aromatic N) is 1. The molecule has 1 saturated heterocycles. The van der Waals surface area contributed by atoms with Crippen LogP contribution in [0, 0.1) is 5.92 Å². The molecule has 140 valence electrons. The Kier molecular flexibility index (Phi) is 6.41. The first-order valence-electron chi connectivity index (χ1n) is 8.22. The van der Waals surface area contributed by atoms with Gasteiger partial charge >= 0.3 is 0 Å². The van der Waals surface area contributed by atoms with E-state index in [1.807, 2.05) is 20.8 Å². The molecule has 0 aliphatic carbocycles. The van der Waals surface area contributed by atoms with E-state index in [4.69, 9.17) is 23.2 Å². The van der Waals surface area contributed by atoms with Crippen molar-refractivity contribution in [1.29, 1.82) is 0 Å². The number of sulfonamides is 1. The molecule has 0 unspecified atom stereocenters. The number of benzene rings is 1. The molecule has 5 nitrogen and oxygen atoms in total. The normalized spacial score (nSPS) is 19.6. The summed E-state index contributed by atoms with van der Waals surface area (Å²) in [6.45, 7) is 6.35. The van der Waals surface area contributed by atoms with Gasteiger partial charge in [0.05, 0.1) is 11.7 Å². The van der Waals surface area contributed by atoms with Crippen LogP contribution in [0.4, 0.5) is 0 Å². The van der Waals surface area contributed by atoms with E-state index < -0.39 is 10.0 Å². The van der Waals surface area contributed by atoms with Crippen LogP contribution in [0.25, 0.3) is 0 Å². The summed E-state index contributed by atoms with van der Waals surface area (Å²) in [6.07, 6.45) is 1.35. The standard InChI is InChI=1S/C17H24Cl2N2O3S/c1-17(2,3)20-16(22)12-5-4-8-21(10-12)25(23,24)11-13-6-7-14(18)9-15(13)19/h6-7,9,12H,4-5,8,10-11H2,1-3H3,(H,20,22)/t12-/m1/s1. The first kappa shape index (κ1) is 20.5.